The average molecular weight is 628 g/mol. The maximum atomic E-state index is 13.6. The number of aliphatic hydroxyl groups is 2. The Morgan fingerprint density at radius 3 is 2.14 bits per heavy atom. The molecule has 0 spiro atoms. The molecule has 1 aliphatic carbocycles. The fourth-order valence-corrected chi connectivity index (χ4v) is 6.04. The minimum absolute atomic E-state index is 0.0856. The average Bonchev–Trinajstić information content (AvgIpc) is 3.20. The molecule has 2 amide bonds. The van der Waals surface area contributed by atoms with Crippen molar-refractivity contribution in [2.75, 3.05) is 25.2 Å². The van der Waals surface area contributed by atoms with Gasteiger partial charge in [-0.2, -0.15) is 26.3 Å². The van der Waals surface area contributed by atoms with Gasteiger partial charge in [0, 0.05) is 13.0 Å². The first kappa shape index (κ1) is 33.2. The van der Waals surface area contributed by atoms with Crippen LogP contribution in [0.3, 0.4) is 0 Å². The van der Waals surface area contributed by atoms with Crippen molar-refractivity contribution < 1.29 is 56.0 Å². The number of phenols is 1. The first-order valence-corrected chi connectivity index (χ1v) is 13.7. The number of imide groups is 1. The van der Waals surface area contributed by atoms with Gasteiger partial charge >= 0.3 is 12.4 Å². The summed E-state index contributed by atoms with van der Waals surface area (Å²) in [6, 6.07) is 6.99. The van der Waals surface area contributed by atoms with Gasteiger partial charge in [0.2, 0.25) is 11.8 Å². The van der Waals surface area contributed by atoms with Gasteiger partial charge in [-0.05, 0) is 73.2 Å². The second kappa shape index (κ2) is 12.7. The molecule has 4 atom stereocenters. The van der Waals surface area contributed by atoms with Crippen LogP contribution in [0.2, 0.25) is 0 Å². The number of phenolic OH excluding ortho intramolecular Hbond substituents is 1. The monoisotopic (exact) mass is 627 g/mol. The number of carbonyl (C=O) groups excluding carboxylic acids is 2. The van der Waals surface area contributed by atoms with Crippen molar-refractivity contribution in [1.29, 1.82) is 0 Å². The zero-order chi connectivity index (χ0) is 32.6. The van der Waals surface area contributed by atoms with Crippen LogP contribution in [0.25, 0.3) is 6.08 Å². The van der Waals surface area contributed by atoms with Crippen molar-refractivity contribution in [1.82, 2.24) is 0 Å². The van der Waals surface area contributed by atoms with Crippen molar-refractivity contribution in [3.05, 3.63) is 75.9 Å². The number of amides is 2. The highest BCUT2D eigenvalue weighted by atomic mass is 19.4. The molecule has 2 aliphatic rings. The first-order chi connectivity index (χ1) is 20.6. The summed E-state index contributed by atoms with van der Waals surface area (Å²) in [4.78, 5) is 27.4. The fraction of sp³-hybridized carbons (Fsp3) is 0.419. The number of nitrogens with zero attached hydrogens (tertiary/aromatic N) is 1. The van der Waals surface area contributed by atoms with Crippen LogP contribution in [0, 0.1) is 17.8 Å². The Bertz CT molecular complexity index is 1430. The molecule has 1 aliphatic heterocycles. The Kier molecular flexibility index (Phi) is 9.62. The summed E-state index contributed by atoms with van der Waals surface area (Å²) in [5.41, 5.74) is -1.89. The van der Waals surface area contributed by atoms with Crippen LogP contribution in [0.15, 0.2) is 59.2 Å². The number of ether oxygens (including phenoxy) is 1. The third-order valence-electron chi connectivity index (χ3n) is 8.01. The van der Waals surface area contributed by atoms with Gasteiger partial charge in [-0.15, -0.1) is 0 Å². The second-order valence-electron chi connectivity index (χ2n) is 11.0. The molecule has 3 N–H and O–H groups in total. The maximum absolute atomic E-state index is 13.6. The van der Waals surface area contributed by atoms with E-state index >= 15 is 0 Å². The molecule has 13 heteroatoms. The van der Waals surface area contributed by atoms with E-state index in [9.17, 15) is 51.3 Å². The van der Waals surface area contributed by atoms with E-state index in [1.54, 1.807) is 12.1 Å². The zero-order valence-corrected chi connectivity index (χ0v) is 23.7. The number of aromatic hydroxyl groups is 1. The van der Waals surface area contributed by atoms with Crippen molar-refractivity contribution in [3.63, 3.8) is 0 Å². The fourth-order valence-electron chi connectivity index (χ4n) is 6.04. The first-order valence-electron chi connectivity index (χ1n) is 13.7. The van der Waals surface area contributed by atoms with Crippen molar-refractivity contribution >= 4 is 23.6 Å². The lowest BCUT2D eigenvalue weighted by molar-refractivity contribution is -0.143. The number of fused-ring (bicyclic) bond motifs is 1. The van der Waals surface area contributed by atoms with E-state index in [0.29, 0.717) is 29.0 Å². The SMILES string of the molecule is COCC1=C([C@H](O)CC/C(C)=C/c2ccc(O)cc2)[C@H](CO)[C@@H]2C(=O)N(c3cc(C(F)(F)F)cc(C(F)(F)F)c3)C(=O)[C@@H]2C1. The van der Waals surface area contributed by atoms with Gasteiger partial charge in [-0.1, -0.05) is 23.8 Å². The molecule has 1 heterocycles. The van der Waals surface area contributed by atoms with Gasteiger partial charge in [0.1, 0.15) is 5.75 Å². The topological polar surface area (TPSA) is 107 Å². The smallest absolute Gasteiger partial charge is 0.416 e. The van der Waals surface area contributed by atoms with Crippen LogP contribution < -0.4 is 4.90 Å². The highest BCUT2D eigenvalue weighted by Crippen LogP contribution is 2.48. The summed E-state index contributed by atoms with van der Waals surface area (Å²) in [6.07, 6.45) is -9.37. The van der Waals surface area contributed by atoms with Gasteiger partial charge in [0.25, 0.3) is 0 Å². The second-order valence-corrected chi connectivity index (χ2v) is 11.0. The molecular formula is C31H31F6NO6. The summed E-state index contributed by atoms with van der Waals surface area (Å²) in [5, 5.41) is 31.2. The van der Waals surface area contributed by atoms with Crippen LogP contribution in [-0.4, -0.2) is 53.6 Å². The molecular weight excluding hydrogens is 596 g/mol. The van der Waals surface area contributed by atoms with E-state index in [0.717, 1.165) is 11.1 Å². The summed E-state index contributed by atoms with van der Waals surface area (Å²) in [5.74, 6) is -5.61. The molecule has 0 bridgehead atoms. The van der Waals surface area contributed by atoms with Gasteiger partial charge in [0.15, 0.2) is 0 Å². The third kappa shape index (κ3) is 6.84. The number of methoxy groups -OCH3 is 1. The molecule has 4 rings (SSSR count). The van der Waals surface area contributed by atoms with Gasteiger partial charge < -0.3 is 20.1 Å². The van der Waals surface area contributed by atoms with E-state index in [-0.39, 0.29) is 36.8 Å². The molecule has 44 heavy (non-hydrogen) atoms. The summed E-state index contributed by atoms with van der Waals surface area (Å²) < 4.78 is 86.4. The Morgan fingerprint density at radius 1 is 1.02 bits per heavy atom. The van der Waals surface area contributed by atoms with Crippen LogP contribution in [0.4, 0.5) is 32.0 Å². The number of allylic oxidation sites excluding steroid dienone is 1. The molecule has 238 valence electrons. The Balaban J connectivity index is 1.66. The normalized spacial score (nSPS) is 22.1. The lowest BCUT2D eigenvalue weighted by Gasteiger charge is -2.36. The lowest BCUT2D eigenvalue weighted by atomic mass is 9.68. The number of aliphatic hydroxyl groups excluding tert-OH is 2. The number of carbonyl (C=O) groups is 2. The minimum Gasteiger partial charge on any atom is -0.508 e. The Labute approximate surface area is 249 Å². The van der Waals surface area contributed by atoms with Crippen LogP contribution in [0.5, 0.6) is 5.75 Å². The summed E-state index contributed by atoms with van der Waals surface area (Å²) in [6.45, 7) is 1.02. The predicted octanol–water partition coefficient (Wildman–Crippen LogP) is 5.74. The van der Waals surface area contributed by atoms with E-state index in [4.69, 9.17) is 4.74 Å². The minimum atomic E-state index is -5.19. The molecule has 0 unspecified atom stereocenters. The number of anilines is 1. The molecule has 2 aromatic carbocycles. The molecule has 0 radical (unpaired) electrons. The highest BCUT2D eigenvalue weighted by molar-refractivity contribution is 6.22. The molecule has 7 nitrogen and oxygen atoms in total. The predicted molar refractivity (Wildman–Crippen MR) is 147 cm³/mol. The van der Waals surface area contributed by atoms with E-state index < -0.39 is 71.4 Å². The molecule has 1 saturated heterocycles. The number of hydrogen-bond donors (Lipinski definition) is 3. The van der Waals surface area contributed by atoms with Gasteiger partial charge in [-0.25, -0.2) is 4.90 Å². The summed E-state index contributed by atoms with van der Waals surface area (Å²) >= 11 is 0. The zero-order valence-electron chi connectivity index (χ0n) is 23.7. The van der Waals surface area contributed by atoms with Crippen LogP contribution in [0.1, 0.15) is 42.9 Å². The van der Waals surface area contributed by atoms with Crippen molar-refractivity contribution in [2.45, 2.75) is 44.6 Å². The number of benzene rings is 2. The van der Waals surface area contributed by atoms with E-state index in [2.05, 4.69) is 0 Å². The molecule has 0 aromatic heterocycles. The van der Waals surface area contributed by atoms with Gasteiger partial charge in [0.05, 0.1) is 48.0 Å². The summed E-state index contributed by atoms with van der Waals surface area (Å²) in [7, 11) is 1.36. The lowest BCUT2D eigenvalue weighted by Crippen LogP contribution is -2.39. The third-order valence-corrected chi connectivity index (χ3v) is 8.01. The quantitative estimate of drug-likeness (QED) is 0.186. The number of alkyl halides is 6. The molecule has 2 aromatic rings. The van der Waals surface area contributed by atoms with Crippen molar-refractivity contribution in [3.8, 4) is 5.75 Å². The number of hydrogen-bond acceptors (Lipinski definition) is 6. The van der Waals surface area contributed by atoms with Crippen molar-refractivity contribution in [2.24, 2.45) is 17.8 Å². The number of halogens is 6. The number of rotatable bonds is 9. The largest absolute Gasteiger partial charge is 0.508 e. The standard InChI is InChI=1S/C31H31F6NO6/c1-16(9-17-4-6-22(40)7-5-17)3-8-25(41)26-18(15-44-2)10-23-27(24(26)14-39)29(43)38(28(23)42)21-12-19(30(32,33)34)11-20(13-21)31(35,36)37/h4-7,9,11-13,23-25,27,39-41H,3,8,10,14-15H2,1-2H3/b16-9+/t23-,24+,25-,27-/m1/s1. The highest BCUT2D eigenvalue weighted by Gasteiger charge is 2.55. The maximum Gasteiger partial charge on any atom is 0.416 e. The van der Waals surface area contributed by atoms with Gasteiger partial charge in [-0.3, -0.25) is 9.59 Å². The molecule has 0 saturated carbocycles. The van der Waals surface area contributed by atoms with Crippen LogP contribution in [-0.2, 0) is 26.7 Å². The Hall–Kier alpha value is -3.68. The van der Waals surface area contributed by atoms with E-state index in [1.807, 2.05) is 13.0 Å². The van der Waals surface area contributed by atoms with Crippen LogP contribution >= 0.6 is 0 Å². The molecule has 1 fully saturated rings. The Morgan fingerprint density at radius 2 is 1.61 bits per heavy atom. The van der Waals surface area contributed by atoms with E-state index in [1.165, 1.54) is 19.2 Å².